The summed E-state index contributed by atoms with van der Waals surface area (Å²) in [6, 6.07) is 16.8. The number of thiophene rings is 1. The average molecular weight is 423 g/mol. The molecule has 0 unspecified atom stereocenters. The quantitative estimate of drug-likeness (QED) is 0.574. The highest BCUT2D eigenvalue weighted by Crippen LogP contribution is 2.37. The molecule has 1 aliphatic heterocycles. The zero-order valence-corrected chi connectivity index (χ0v) is 17.8. The summed E-state index contributed by atoms with van der Waals surface area (Å²) in [5, 5.41) is 8.20. The molecule has 1 amide bonds. The minimum Gasteiger partial charge on any atom is -0.497 e. The lowest BCUT2D eigenvalue weighted by Crippen LogP contribution is -2.26. The first-order valence-corrected chi connectivity index (χ1v) is 10.3. The second kappa shape index (κ2) is 8.59. The smallest absolute Gasteiger partial charge is 0.284 e. The van der Waals surface area contributed by atoms with E-state index >= 15 is 0 Å². The molecule has 4 rings (SSSR count). The zero-order chi connectivity index (χ0) is 21.1. The van der Waals surface area contributed by atoms with Crippen molar-refractivity contribution in [3.63, 3.8) is 0 Å². The van der Waals surface area contributed by atoms with Gasteiger partial charge in [0.05, 0.1) is 38.0 Å². The van der Waals surface area contributed by atoms with Gasteiger partial charge in [-0.15, -0.1) is 11.3 Å². The van der Waals surface area contributed by atoms with E-state index in [1.165, 1.54) is 11.3 Å². The molecule has 0 saturated carbocycles. The molecule has 30 heavy (non-hydrogen) atoms. The van der Waals surface area contributed by atoms with Crippen LogP contribution in [0, 0.1) is 0 Å². The number of benzene rings is 2. The van der Waals surface area contributed by atoms with Crippen molar-refractivity contribution in [1.82, 2.24) is 5.01 Å². The van der Waals surface area contributed by atoms with E-state index in [0.29, 0.717) is 22.8 Å². The first kappa shape index (κ1) is 20.0. The van der Waals surface area contributed by atoms with Gasteiger partial charge in [0.1, 0.15) is 17.2 Å². The zero-order valence-electron chi connectivity index (χ0n) is 17.0. The molecule has 1 aliphatic rings. The van der Waals surface area contributed by atoms with E-state index in [1.807, 2.05) is 60.0 Å². The molecule has 0 bridgehead atoms. The Kier molecular flexibility index (Phi) is 5.72. The van der Waals surface area contributed by atoms with Crippen LogP contribution in [0.4, 0.5) is 0 Å². The minimum absolute atomic E-state index is 0.117. The van der Waals surface area contributed by atoms with Crippen LogP contribution in [0.15, 0.2) is 65.1 Å². The Morgan fingerprint density at radius 3 is 2.37 bits per heavy atom. The average Bonchev–Trinajstić information content (AvgIpc) is 3.49. The van der Waals surface area contributed by atoms with Gasteiger partial charge in [-0.05, 0) is 41.3 Å². The van der Waals surface area contributed by atoms with Gasteiger partial charge in [0.25, 0.3) is 5.91 Å². The van der Waals surface area contributed by atoms with E-state index in [4.69, 9.17) is 19.3 Å². The van der Waals surface area contributed by atoms with Gasteiger partial charge >= 0.3 is 0 Å². The highest BCUT2D eigenvalue weighted by molar-refractivity contribution is 7.12. The SMILES string of the molecule is COc1ccc([C@H]2CC(c3ccc(OC)cc3OC)=NN2C(=O)c2cccs2)cc1. The second-order valence-electron chi connectivity index (χ2n) is 6.73. The molecule has 7 heteroatoms. The predicted molar refractivity (Wildman–Crippen MR) is 117 cm³/mol. The molecule has 0 aliphatic carbocycles. The molecule has 0 spiro atoms. The summed E-state index contributed by atoms with van der Waals surface area (Å²) in [6.45, 7) is 0. The van der Waals surface area contributed by atoms with Crippen molar-refractivity contribution < 1.29 is 19.0 Å². The van der Waals surface area contributed by atoms with Crippen molar-refractivity contribution in [3.8, 4) is 17.2 Å². The van der Waals surface area contributed by atoms with E-state index in [9.17, 15) is 4.79 Å². The van der Waals surface area contributed by atoms with Gasteiger partial charge in [0.15, 0.2) is 0 Å². The monoisotopic (exact) mass is 422 g/mol. The molecule has 6 nitrogen and oxygen atoms in total. The summed E-state index contributed by atoms with van der Waals surface area (Å²) in [6.07, 6.45) is 0.576. The summed E-state index contributed by atoms with van der Waals surface area (Å²) >= 11 is 1.41. The van der Waals surface area contributed by atoms with Gasteiger partial charge in [-0.25, -0.2) is 5.01 Å². The third-order valence-corrected chi connectivity index (χ3v) is 5.93. The van der Waals surface area contributed by atoms with Crippen LogP contribution in [0.3, 0.4) is 0 Å². The minimum atomic E-state index is -0.215. The van der Waals surface area contributed by atoms with Crippen LogP contribution in [0.1, 0.15) is 33.3 Å². The molecule has 3 aromatic rings. The summed E-state index contributed by atoms with van der Waals surface area (Å²) in [5.41, 5.74) is 2.63. The number of hydrogen-bond donors (Lipinski definition) is 0. The molecule has 1 atom stereocenters. The molecule has 154 valence electrons. The Bertz CT molecular complexity index is 1060. The lowest BCUT2D eigenvalue weighted by Gasteiger charge is -2.21. The van der Waals surface area contributed by atoms with Crippen LogP contribution in [0.5, 0.6) is 17.2 Å². The summed E-state index contributed by atoms with van der Waals surface area (Å²) in [4.78, 5) is 13.9. The van der Waals surface area contributed by atoms with E-state index in [2.05, 4.69) is 0 Å². The third-order valence-electron chi connectivity index (χ3n) is 5.07. The standard InChI is InChI=1S/C23H22N2O4S/c1-27-16-8-6-15(7-9-16)20-14-19(18-11-10-17(28-2)13-21(18)29-3)24-25(20)23(26)22-5-4-12-30-22/h4-13,20H,14H2,1-3H3/t20-/m1/s1. The molecule has 2 heterocycles. The first-order valence-electron chi connectivity index (χ1n) is 9.45. The Morgan fingerprint density at radius 1 is 1.00 bits per heavy atom. The Balaban J connectivity index is 1.74. The van der Waals surface area contributed by atoms with Gasteiger partial charge in [-0.3, -0.25) is 4.79 Å². The Morgan fingerprint density at radius 2 is 1.73 bits per heavy atom. The van der Waals surface area contributed by atoms with Gasteiger partial charge in [-0.2, -0.15) is 5.10 Å². The summed E-state index contributed by atoms with van der Waals surface area (Å²) in [5.74, 6) is 2.01. The number of carbonyl (C=O) groups excluding carboxylic acids is 1. The van der Waals surface area contributed by atoms with E-state index in [1.54, 1.807) is 26.3 Å². The van der Waals surface area contributed by atoms with Crippen LogP contribution in [0.2, 0.25) is 0 Å². The van der Waals surface area contributed by atoms with Crippen molar-refractivity contribution in [2.45, 2.75) is 12.5 Å². The fourth-order valence-corrected chi connectivity index (χ4v) is 4.15. The van der Waals surface area contributed by atoms with Gasteiger partial charge < -0.3 is 14.2 Å². The maximum absolute atomic E-state index is 13.2. The molecule has 2 aromatic carbocycles. The van der Waals surface area contributed by atoms with Crippen molar-refractivity contribution >= 4 is 23.0 Å². The Labute approximate surface area is 179 Å². The number of hydrogen-bond acceptors (Lipinski definition) is 6. The van der Waals surface area contributed by atoms with Gasteiger partial charge in [-0.1, -0.05) is 18.2 Å². The molecular weight excluding hydrogens is 400 g/mol. The Hall–Kier alpha value is -3.32. The van der Waals surface area contributed by atoms with Crippen LogP contribution >= 0.6 is 11.3 Å². The second-order valence-corrected chi connectivity index (χ2v) is 7.68. The number of carbonyl (C=O) groups is 1. The van der Waals surface area contributed by atoms with E-state index in [-0.39, 0.29) is 11.9 Å². The highest BCUT2D eigenvalue weighted by atomic mass is 32.1. The number of nitrogens with zero attached hydrogens (tertiary/aromatic N) is 2. The highest BCUT2D eigenvalue weighted by Gasteiger charge is 2.35. The number of rotatable bonds is 6. The molecule has 1 aromatic heterocycles. The normalized spacial score (nSPS) is 15.6. The summed E-state index contributed by atoms with van der Waals surface area (Å²) in [7, 11) is 4.86. The van der Waals surface area contributed by atoms with Crippen molar-refractivity contribution in [3.05, 3.63) is 76.0 Å². The van der Waals surface area contributed by atoms with E-state index in [0.717, 1.165) is 22.6 Å². The molecule has 0 N–H and O–H groups in total. The number of ether oxygens (including phenoxy) is 3. The largest absolute Gasteiger partial charge is 0.497 e. The fourth-order valence-electron chi connectivity index (χ4n) is 3.50. The number of hydrazone groups is 1. The summed E-state index contributed by atoms with van der Waals surface area (Å²) < 4.78 is 16.1. The molecule has 0 fully saturated rings. The van der Waals surface area contributed by atoms with Crippen molar-refractivity contribution in [2.24, 2.45) is 5.10 Å². The van der Waals surface area contributed by atoms with Gasteiger partial charge in [0, 0.05) is 18.1 Å². The fraction of sp³-hybridized carbons (Fsp3) is 0.217. The molecule has 0 radical (unpaired) electrons. The number of amides is 1. The third kappa shape index (κ3) is 3.76. The van der Waals surface area contributed by atoms with Crippen LogP contribution in [0.25, 0.3) is 0 Å². The lowest BCUT2D eigenvalue weighted by atomic mass is 9.97. The topological polar surface area (TPSA) is 60.4 Å². The molecular formula is C23H22N2O4S. The van der Waals surface area contributed by atoms with Crippen LogP contribution in [-0.2, 0) is 0 Å². The van der Waals surface area contributed by atoms with Crippen molar-refractivity contribution in [1.29, 1.82) is 0 Å². The molecule has 0 saturated heterocycles. The van der Waals surface area contributed by atoms with Gasteiger partial charge in [0.2, 0.25) is 0 Å². The number of methoxy groups -OCH3 is 3. The maximum atomic E-state index is 13.2. The van der Waals surface area contributed by atoms with E-state index < -0.39 is 0 Å². The first-order chi connectivity index (χ1) is 14.6. The lowest BCUT2D eigenvalue weighted by molar-refractivity contribution is 0.0716. The van der Waals surface area contributed by atoms with Crippen LogP contribution in [-0.4, -0.2) is 38.0 Å². The predicted octanol–water partition coefficient (Wildman–Crippen LogP) is 4.77. The maximum Gasteiger partial charge on any atom is 0.284 e. The van der Waals surface area contributed by atoms with Crippen molar-refractivity contribution in [2.75, 3.05) is 21.3 Å². The van der Waals surface area contributed by atoms with Crippen LogP contribution < -0.4 is 14.2 Å².